The minimum atomic E-state index is -1.22. The molecule has 0 saturated carbocycles. The summed E-state index contributed by atoms with van der Waals surface area (Å²) in [5.74, 6) is -3.06. The number of nitrogens with one attached hydrogen (secondary N) is 1. The van der Waals surface area contributed by atoms with E-state index in [1.807, 2.05) is 0 Å². The van der Waals surface area contributed by atoms with Crippen molar-refractivity contribution in [3.63, 3.8) is 0 Å². The van der Waals surface area contributed by atoms with Crippen LogP contribution in [0.4, 0.5) is 15.2 Å². The molecular formula is C15H12FN4O4S2-. The van der Waals surface area contributed by atoms with Crippen LogP contribution in [-0.4, -0.2) is 40.3 Å². The van der Waals surface area contributed by atoms with Gasteiger partial charge in [0.1, 0.15) is 5.82 Å². The lowest BCUT2D eigenvalue weighted by Crippen LogP contribution is -2.28. The van der Waals surface area contributed by atoms with E-state index in [0.29, 0.717) is 10.0 Å². The fourth-order valence-corrected chi connectivity index (χ4v) is 3.87. The normalized spacial score (nSPS) is 16.7. The molecule has 1 N–H and O–H groups in total. The molecule has 0 spiro atoms. The summed E-state index contributed by atoms with van der Waals surface area (Å²) in [7, 11) is 0. The molecule has 1 saturated heterocycles. The molecule has 1 aromatic carbocycles. The van der Waals surface area contributed by atoms with Crippen molar-refractivity contribution >= 4 is 51.7 Å². The Morgan fingerprint density at radius 3 is 2.77 bits per heavy atom. The number of aliphatic carboxylic acids is 1. The molecule has 1 fully saturated rings. The number of carbonyl (C=O) groups is 3. The Kier molecular flexibility index (Phi) is 5.47. The van der Waals surface area contributed by atoms with Crippen LogP contribution < -0.4 is 15.3 Å². The van der Waals surface area contributed by atoms with Gasteiger partial charge in [-0.3, -0.25) is 9.59 Å². The van der Waals surface area contributed by atoms with Crippen LogP contribution in [0.1, 0.15) is 6.42 Å². The molecule has 2 aromatic rings. The Hall–Kier alpha value is -2.53. The van der Waals surface area contributed by atoms with Gasteiger partial charge in [-0.05, 0) is 24.3 Å². The van der Waals surface area contributed by atoms with E-state index in [0.717, 1.165) is 23.1 Å². The molecule has 11 heteroatoms. The molecular weight excluding hydrogens is 383 g/mol. The maximum absolute atomic E-state index is 13.0. The Morgan fingerprint density at radius 1 is 1.35 bits per heavy atom. The summed E-state index contributed by atoms with van der Waals surface area (Å²) < 4.78 is 13.4. The van der Waals surface area contributed by atoms with Crippen molar-refractivity contribution in [1.82, 2.24) is 10.2 Å². The van der Waals surface area contributed by atoms with Crippen molar-refractivity contribution in [3.8, 4) is 0 Å². The first kappa shape index (κ1) is 18.3. The van der Waals surface area contributed by atoms with E-state index in [-0.39, 0.29) is 35.7 Å². The summed E-state index contributed by atoms with van der Waals surface area (Å²) >= 11 is 1.99. The number of amides is 2. The standard InChI is InChI=1S/C15H13FN4O4S2/c16-9-1-3-10(4-2-9)20-6-8(5-11(20)21)13(24)17-14-18-19-15(26-14)25-7-12(22)23/h1-4,8H,5-7H2,(H,22,23)(H,17,18,24)/p-1/t8-/m0/s1. The molecule has 1 aromatic heterocycles. The van der Waals surface area contributed by atoms with Crippen LogP contribution >= 0.6 is 23.1 Å². The first-order chi connectivity index (χ1) is 12.4. The summed E-state index contributed by atoms with van der Waals surface area (Å²) in [6, 6.07) is 5.48. The zero-order valence-corrected chi connectivity index (χ0v) is 14.8. The number of hydrogen-bond acceptors (Lipinski definition) is 8. The van der Waals surface area contributed by atoms with Gasteiger partial charge >= 0.3 is 0 Å². The summed E-state index contributed by atoms with van der Waals surface area (Å²) in [6.45, 7) is 0.182. The van der Waals surface area contributed by atoms with Gasteiger partial charge in [0.05, 0.1) is 11.9 Å². The van der Waals surface area contributed by atoms with E-state index in [1.54, 1.807) is 0 Å². The molecule has 0 unspecified atom stereocenters. The second-order valence-electron chi connectivity index (χ2n) is 5.40. The third-order valence-corrected chi connectivity index (χ3v) is 5.53. The van der Waals surface area contributed by atoms with Crippen LogP contribution in [0.5, 0.6) is 0 Å². The van der Waals surface area contributed by atoms with Gasteiger partial charge in [0.2, 0.25) is 16.9 Å². The zero-order valence-electron chi connectivity index (χ0n) is 13.2. The number of hydrogen-bond donors (Lipinski definition) is 1. The Bertz CT molecular complexity index is 842. The van der Waals surface area contributed by atoms with E-state index < -0.39 is 17.7 Å². The quantitative estimate of drug-likeness (QED) is 0.560. The Balaban J connectivity index is 1.59. The second kappa shape index (κ2) is 7.79. The van der Waals surface area contributed by atoms with Gasteiger partial charge < -0.3 is 20.1 Å². The summed E-state index contributed by atoms with van der Waals surface area (Å²) in [5.41, 5.74) is 0.531. The monoisotopic (exact) mass is 395 g/mol. The lowest BCUT2D eigenvalue weighted by atomic mass is 10.1. The molecule has 3 rings (SSSR count). The number of thioether (sulfide) groups is 1. The number of rotatable bonds is 6. The fraction of sp³-hybridized carbons (Fsp3) is 0.267. The SMILES string of the molecule is O=C([O-])CSc1nnc(NC(=O)[C@H]2CC(=O)N(c3ccc(F)cc3)C2)s1. The van der Waals surface area contributed by atoms with Crippen molar-refractivity contribution in [3.05, 3.63) is 30.1 Å². The van der Waals surface area contributed by atoms with Crippen molar-refractivity contribution in [2.24, 2.45) is 5.92 Å². The summed E-state index contributed by atoms with van der Waals surface area (Å²) in [5, 5.41) is 20.8. The van der Waals surface area contributed by atoms with Crippen molar-refractivity contribution in [2.45, 2.75) is 10.8 Å². The number of carbonyl (C=O) groups excluding carboxylic acids is 3. The first-order valence-electron chi connectivity index (χ1n) is 7.45. The molecule has 0 radical (unpaired) electrons. The van der Waals surface area contributed by atoms with E-state index in [2.05, 4.69) is 15.5 Å². The number of nitrogens with zero attached hydrogens (tertiary/aromatic N) is 3. The average Bonchev–Trinajstić information content (AvgIpc) is 3.20. The molecule has 26 heavy (non-hydrogen) atoms. The molecule has 2 amide bonds. The van der Waals surface area contributed by atoms with E-state index >= 15 is 0 Å². The largest absolute Gasteiger partial charge is 0.549 e. The molecule has 0 aliphatic carbocycles. The zero-order chi connectivity index (χ0) is 18.7. The van der Waals surface area contributed by atoms with Gasteiger partial charge in [0.15, 0.2) is 4.34 Å². The highest BCUT2D eigenvalue weighted by Gasteiger charge is 2.35. The van der Waals surface area contributed by atoms with E-state index in [4.69, 9.17) is 0 Å². The van der Waals surface area contributed by atoms with Gasteiger partial charge in [-0.15, -0.1) is 10.2 Å². The van der Waals surface area contributed by atoms with Crippen LogP contribution in [0.15, 0.2) is 28.6 Å². The predicted molar refractivity (Wildman–Crippen MR) is 91.1 cm³/mol. The Morgan fingerprint density at radius 2 is 2.08 bits per heavy atom. The Labute approximate surface area is 155 Å². The third-order valence-electron chi connectivity index (χ3n) is 3.58. The number of carboxylic acid groups (broad SMARTS) is 1. The first-order valence-corrected chi connectivity index (χ1v) is 9.25. The molecule has 136 valence electrons. The van der Waals surface area contributed by atoms with Crippen LogP contribution in [0.2, 0.25) is 0 Å². The van der Waals surface area contributed by atoms with Gasteiger partial charge in [-0.1, -0.05) is 23.1 Å². The number of anilines is 2. The number of benzene rings is 1. The molecule has 2 heterocycles. The minimum Gasteiger partial charge on any atom is -0.549 e. The van der Waals surface area contributed by atoms with Crippen LogP contribution in [0, 0.1) is 11.7 Å². The van der Waals surface area contributed by atoms with Gasteiger partial charge in [-0.25, -0.2) is 4.39 Å². The lowest BCUT2D eigenvalue weighted by molar-refractivity contribution is -0.301. The number of halogens is 1. The molecule has 0 bridgehead atoms. The molecule has 1 aliphatic heterocycles. The van der Waals surface area contributed by atoms with Crippen LogP contribution in [-0.2, 0) is 14.4 Å². The fourth-order valence-electron chi connectivity index (χ4n) is 2.40. The maximum atomic E-state index is 13.0. The lowest BCUT2D eigenvalue weighted by Gasteiger charge is -2.16. The molecule has 8 nitrogen and oxygen atoms in total. The average molecular weight is 395 g/mol. The molecule has 1 atom stereocenters. The predicted octanol–water partition coefficient (Wildman–Crippen LogP) is 0.511. The highest BCUT2D eigenvalue weighted by Crippen LogP contribution is 2.28. The highest BCUT2D eigenvalue weighted by molar-refractivity contribution is 8.01. The number of carboxylic acids is 1. The topological polar surface area (TPSA) is 115 Å². The van der Waals surface area contributed by atoms with Crippen molar-refractivity contribution < 1.29 is 23.9 Å². The highest BCUT2D eigenvalue weighted by atomic mass is 32.2. The summed E-state index contributed by atoms with van der Waals surface area (Å²) in [4.78, 5) is 36.3. The van der Waals surface area contributed by atoms with E-state index in [1.165, 1.54) is 29.2 Å². The van der Waals surface area contributed by atoms with Crippen LogP contribution in [0.3, 0.4) is 0 Å². The second-order valence-corrected chi connectivity index (χ2v) is 7.60. The van der Waals surface area contributed by atoms with Crippen molar-refractivity contribution in [1.29, 1.82) is 0 Å². The van der Waals surface area contributed by atoms with E-state index in [9.17, 15) is 23.9 Å². The number of aromatic nitrogens is 2. The van der Waals surface area contributed by atoms with Gasteiger partial charge in [0, 0.05) is 24.4 Å². The van der Waals surface area contributed by atoms with Gasteiger partial charge in [-0.2, -0.15) is 0 Å². The smallest absolute Gasteiger partial charge is 0.231 e. The third kappa shape index (κ3) is 4.35. The molecule has 1 aliphatic rings. The van der Waals surface area contributed by atoms with Crippen LogP contribution in [0.25, 0.3) is 0 Å². The van der Waals surface area contributed by atoms with Crippen molar-refractivity contribution in [2.75, 3.05) is 22.5 Å². The van der Waals surface area contributed by atoms with Gasteiger partial charge in [0.25, 0.3) is 0 Å². The summed E-state index contributed by atoms with van der Waals surface area (Å²) in [6.07, 6.45) is 0.0360. The maximum Gasteiger partial charge on any atom is 0.231 e. The minimum absolute atomic E-state index is 0.0360.